The van der Waals surface area contributed by atoms with Crippen molar-refractivity contribution in [3.8, 4) is 0 Å². The number of fused-ring (bicyclic) bond motifs is 1. The summed E-state index contributed by atoms with van der Waals surface area (Å²) in [5, 5.41) is 11.2. The van der Waals surface area contributed by atoms with Crippen molar-refractivity contribution in [3.63, 3.8) is 0 Å². The monoisotopic (exact) mass is 364 g/mol. The molecular formula is C17H14F2N2O3S. The van der Waals surface area contributed by atoms with Gasteiger partial charge >= 0.3 is 6.09 Å². The Labute approximate surface area is 146 Å². The molecule has 25 heavy (non-hydrogen) atoms. The first-order valence-electron chi connectivity index (χ1n) is 7.41. The van der Waals surface area contributed by atoms with Gasteiger partial charge in [0.05, 0.1) is 12.2 Å². The van der Waals surface area contributed by atoms with Crippen LogP contribution in [0.3, 0.4) is 0 Å². The van der Waals surface area contributed by atoms with Crippen molar-refractivity contribution < 1.29 is 23.5 Å². The molecule has 2 aromatic rings. The summed E-state index contributed by atoms with van der Waals surface area (Å²) in [6.45, 7) is -0.0666. The number of hydrogen-bond acceptors (Lipinski definition) is 3. The van der Waals surface area contributed by atoms with Crippen molar-refractivity contribution in [1.29, 1.82) is 0 Å². The van der Waals surface area contributed by atoms with Crippen LogP contribution >= 0.6 is 11.8 Å². The Morgan fingerprint density at radius 1 is 1.24 bits per heavy atom. The molecule has 1 unspecified atom stereocenters. The van der Waals surface area contributed by atoms with Gasteiger partial charge in [-0.1, -0.05) is 12.1 Å². The molecule has 0 fully saturated rings. The molecule has 3 rings (SSSR count). The van der Waals surface area contributed by atoms with E-state index in [-0.39, 0.29) is 17.9 Å². The van der Waals surface area contributed by atoms with Crippen LogP contribution in [0.25, 0.3) is 0 Å². The van der Waals surface area contributed by atoms with Crippen LogP contribution in [0.2, 0.25) is 0 Å². The zero-order valence-electron chi connectivity index (χ0n) is 12.9. The standard InChI is InChI=1S/C17H14F2N2O3S/c18-11-5-10(6-12(19)7-11)8-21-14-3-1-2-4-15(14)25-9-13(16(21)22)20-17(23)24/h1-7,13,20H,8-9H2,(H,23,24). The zero-order chi connectivity index (χ0) is 18.0. The highest BCUT2D eigenvalue weighted by Gasteiger charge is 2.31. The zero-order valence-corrected chi connectivity index (χ0v) is 13.7. The van der Waals surface area contributed by atoms with Crippen LogP contribution in [-0.4, -0.2) is 28.9 Å². The average molecular weight is 364 g/mol. The van der Waals surface area contributed by atoms with Gasteiger partial charge in [0, 0.05) is 16.7 Å². The smallest absolute Gasteiger partial charge is 0.405 e. The van der Waals surface area contributed by atoms with Gasteiger partial charge in [-0.3, -0.25) is 4.79 Å². The average Bonchev–Trinajstić information content (AvgIpc) is 2.66. The summed E-state index contributed by atoms with van der Waals surface area (Å²) in [6.07, 6.45) is -1.30. The molecule has 5 nitrogen and oxygen atoms in total. The largest absolute Gasteiger partial charge is 0.465 e. The van der Waals surface area contributed by atoms with E-state index in [1.165, 1.54) is 16.7 Å². The second-order valence-corrected chi connectivity index (χ2v) is 6.54. The number of rotatable bonds is 3. The van der Waals surface area contributed by atoms with Gasteiger partial charge in [-0.25, -0.2) is 13.6 Å². The highest BCUT2D eigenvalue weighted by Crippen LogP contribution is 2.35. The minimum atomic E-state index is -1.30. The SMILES string of the molecule is O=C(O)NC1CSc2ccccc2N(Cc2cc(F)cc(F)c2)C1=O. The van der Waals surface area contributed by atoms with E-state index in [0.717, 1.165) is 23.1 Å². The Hall–Kier alpha value is -2.61. The Kier molecular flexibility index (Phi) is 4.89. The van der Waals surface area contributed by atoms with Crippen LogP contribution in [0, 0.1) is 11.6 Å². The van der Waals surface area contributed by atoms with Crippen molar-refractivity contribution in [2.75, 3.05) is 10.7 Å². The summed E-state index contributed by atoms with van der Waals surface area (Å²) < 4.78 is 26.9. The number of nitrogens with one attached hydrogen (secondary N) is 1. The van der Waals surface area contributed by atoms with E-state index in [0.29, 0.717) is 5.69 Å². The Morgan fingerprint density at radius 2 is 1.92 bits per heavy atom. The summed E-state index contributed by atoms with van der Waals surface area (Å²) >= 11 is 1.35. The molecule has 1 heterocycles. The number of hydrogen-bond donors (Lipinski definition) is 2. The highest BCUT2D eigenvalue weighted by atomic mass is 32.2. The summed E-state index contributed by atoms with van der Waals surface area (Å²) in [4.78, 5) is 25.9. The lowest BCUT2D eigenvalue weighted by Gasteiger charge is -2.25. The third kappa shape index (κ3) is 3.90. The fourth-order valence-corrected chi connectivity index (χ4v) is 3.73. The van der Waals surface area contributed by atoms with Gasteiger partial charge in [0.1, 0.15) is 17.7 Å². The Morgan fingerprint density at radius 3 is 2.60 bits per heavy atom. The van der Waals surface area contributed by atoms with Crippen LogP contribution in [0.15, 0.2) is 47.4 Å². The number of carbonyl (C=O) groups is 2. The number of anilines is 1. The number of carbonyl (C=O) groups excluding carboxylic acids is 1. The lowest BCUT2D eigenvalue weighted by atomic mass is 10.1. The number of benzene rings is 2. The molecule has 2 aromatic carbocycles. The van der Waals surface area contributed by atoms with Gasteiger partial charge in [-0.15, -0.1) is 11.8 Å². The van der Waals surface area contributed by atoms with Crippen LogP contribution in [0.1, 0.15) is 5.56 Å². The summed E-state index contributed by atoms with van der Waals surface area (Å²) in [6, 6.07) is 9.19. The maximum Gasteiger partial charge on any atom is 0.405 e. The summed E-state index contributed by atoms with van der Waals surface area (Å²) in [5.41, 5.74) is 0.860. The summed E-state index contributed by atoms with van der Waals surface area (Å²) in [7, 11) is 0. The number of amides is 2. The molecule has 130 valence electrons. The maximum absolute atomic E-state index is 13.5. The lowest BCUT2D eigenvalue weighted by Crippen LogP contribution is -2.48. The van der Waals surface area contributed by atoms with Crippen LogP contribution in [0.4, 0.5) is 19.3 Å². The molecule has 8 heteroatoms. The van der Waals surface area contributed by atoms with Gasteiger partial charge in [0.25, 0.3) is 5.91 Å². The van der Waals surface area contributed by atoms with Crippen molar-refractivity contribution in [1.82, 2.24) is 5.32 Å². The first-order chi connectivity index (χ1) is 11.9. The maximum atomic E-state index is 13.5. The Balaban J connectivity index is 1.99. The van der Waals surface area contributed by atoms with E-state index in [4.69, 9.17) is 5.11 Å². The summed E-state index contributed by atoms with van der Waals surface area (Å²) in [5.74, 6) is -1.71. The molecule has 0 bridgehead atoms. The predicted molar refractivity (Wildman–Crippen MR) is 89.7 cm³/mol. The quantitative estimate of drug-likeness (QED) is 0.877. The molecule has 0 radical (unpaired) electrons. The minimum absolute atomic E-state index is 0.0666. The van der Waals surface area contributed by atoms with Crippen LogP contribution in [-0.2, 0) is 11.3 Å². The molecule has 0 saturated heterocycles. The molecule has 1 atom stereocenters. The number of para-hydroxylation sites is 1. The number of carboxylic acid groups (broad SMARTS) is 1. The van der Waals surface area contributed by atoms with E-state index in [1.807, 2.05) is 6.07 Å². The molecule has 1 aliphatic heterocycles. The topological polar surface area (TPSA) is 69.6 Å². The van der Waals surface area contributed by atoms with Gasteiger partial charge in [0.15, 0.2) is 0 Å². The first kappa shape index (κ1) is 17.2. The normalized spacial score (nSPS) is 17.0. The molecule has 0 saturated carbocycles. The van der Waals surface area contributed by atoms with Gasteiger partial charge in [-0.2, -0.15) is 0 Å². The number of thioether (sulfide) groups is 1. The van der Waals surface area contributed by atoms with Gasteiger partial charge in [-0.05, 0) is 29.8 Å². The molecule has 2 N–H and O–H groups in total. The van der Waals surface area contributed by atoms with Crippen LogP contribution < -0.4 is 10.2 Å². The predicted octanol–water partition coefficient (Wildman–Crippen LogP) is 3.24. The molecule has 0 aliphatic carbocycles. The highest BCUT2D eigenvalue weighted by molar-refractivity contribution is 7.99. The molecule has 0 aromatic heterocycles. The van der Waals surface area contributed by atoms with E-state index in [1.54, 1.807) is 18.2 Å². The Bertz CT molecular complexity index is 811. The fraction of sp³-hybridized carbons (Fsp3) is 0.176. The fourth-order valence-electron chi connectivity index (χ4n) is 2.65. The van der Waals surface area contributed by atoms with Crippen LogP contribution in [0.5, 0.6) is 0 Å². The first-order valence-corrected chi connectivity index (χ1v) is 8.40. The third-order valence-electron chi connectivity index (χ3n) is 3.69. The number of nitrogens with zero attached hydrogens (tertiary/aromatic N) is 1. The van der Waals surface area contributed by atoms with Gasteiger partial charge in [0.2, 0.25) is 0 Å². The third-order valence-corrected chi connectivity index (χ3v) is 4.84. The van der Waals surface area contributed by atoms with Crippen molar-refractivity contribution in [2.45, 2.75) is 17.5 Å². The second-order valence-electron chi connectivity index (χ2n) is 5.48. The lowest BCUT2D eigenvalue weighted by molar-refractivity contribution is -0.120. The van der Waals surface area contributed by atoms with E-state index in [2.05, 4.69) is 5.32 Å². The molecular weight excluding hydrogens is 350 g/mol. The van der Waals surface area contributed by atoms with Crippen molar-refractivity contribution >= 4 is 29.4 Å². The molecule has 2 amide bonds. The van der Waals surface area contributed by atoms with Gasteiger partial charge < -0.3 is 15.3 Å². The van der Waals surface area contributed by atoms with E-state index < -0.39 is 29.7 Å². The molecule has 1 aliphatic rings. The van der Waals surface area contributed by atoms with Crippen molar-refractivity contribution in [3.05, 3.63) is 59.7 Å². The minimum Gasteiger partial charge on any atom is -0.465 e. The van der Waals surface area contributed by atoms with Crippen molar-refractivity contribution in [2.24, 2.45) is 0 Å². The van der Waals surface area contributed by atoms with E-state index in [9.17, 15) is 18.4 Å². The van der Waals surface area contributed by atoms with E-state index >= 15 is 0 Å². The molecule has 0 spiro atoms. The number of halogens is 2. The second kappa shape index (κ2) is 7.10.